The van der Waals surface area contributed by atoms with Crippen molar-refractivity contribution in [3.8, 4) is 5.69 Å². The fourth-order valence-corrected chi connectivity index (χ4v) is 1.75. The Morgan fingerprint density at radius 3 is 2.94 bits per heavy atom. The molecule has 1 heterocycles. The molecular weight excluding hydrogens is 207 g/mol. The number of aromatic nitrogens is 4. The molecule has 0 amide bonds. The Hall–Kier alpha value is -1.78. The molecule has 0 N–H and O–H groups in total. The van der Waals surface area contributed by atoms with E-state index in [-0.39, 0.29) is 5.82 Å². The minimum Gasteiger partial charge on any atom is -0.205 e. The van der Waals surface area contributed by atoms with E-state index in [4.69, 9.17) is 0 Å². The summed E-state index contributed by atoms with van der Waals surface area (Å²) in [4.78, 5) is 0. The van der Waals surface area contributed by atoms with E-state index in [2.05, 4.69) is 15.5 Å². The van der Waals surface area contributed by atoms with Crippen molar-refractivity contribution in [3.05, 3.63) is 35.4 Å². The number of hydrogen-bond acceptors (Lipinski definition) is 3. The summed E-state index contributed by atoms with van der Waals surface area (Å²) in [5.74, 6) is 0.874. The molecular formula is C11H11FN4. The molecule has 0 unspecified atom stereocenters. The van der Waals surface area contributed by atoms with Crippen LogP contribution < -0.4 is 0 Å². The molecule has 1 aromatic heterocycles. The average molecular weight is 218 g/mol. The maximum Gasteiger partial charge on any atom is 0.159 e. The Bertz CT molecular complexity index is 531. The van der Waals surface area contributed by atoms with E-state index in [9.17, 15) is 4.39 Å². The number of hydrogen-bond donors (Lipinski definition) is 0. The lowest BCUT2D eigenvalue weighted by Gasteiger charge is -2.05. The number of tetrazole rings is 1. The normalized spacial score (nSPS) is 15.4. The van der Waals surface area contributed by atoms with Crippen LogP contribution in [-0.4, -0.2) is 20.2 Å². The van der Waals surface area contributed by atoms with Gasteiger partial charge in [0.1, 0.15) is 11.5 Å². The number of halogens is 1. The topological polar surface area (TPSA) is 43.6 Å². The van der Waals surface area contributed by atoms with Crippen molar-refractivity contribution in [3.63, 3.8) is 0 Å². The first-order valence-electron chi connectivity index (χ1n) is 5.30. The van der Waals surface area contributed by atoms with Crippen LogP contribution >= 0.6 is 0 Å². The first-order valence-corrected chi connectivity index (χ1v) is 5.30. The molecule has 0 aliphatic heterocycles. The van der Waals surface area contributed by atoms with Gasteiger partial charge in [0.25, 0.3) is 0 Å². The van der Waals surface area contributed by atoms with E-state index in [1.807, 2.05) is 6.92 Å². The standard InChI is InChI=1S/C11H11FN4/c1-7-2-5-9(12)10(6-7)16-11(8-3-4-8)13-14-15-16/h2,5-6,8H,3-4H2,1H3. The molecule has 0 saturated heterocycles. The maximum absolute atomic E-state index is 13.7. The van der Waals surface area contributed by atoms with Gasteiger partial charge >= 0.3 is 0 Å². The Morgan fingerprint density at radius 1 is 1.38 bits per heavy atom. The lowest BCUT2D eigenvalue weighted by molar-refractivity contribution is 0.602. The average Bonchev–Trinajstić information content (AvgIpc) is 3.01. The van der Waals surface area contributed by atoms with Crippen molar-refractivity contribution in [1.29, 1.82) is 0 Å². The van der Waals surface area contributed by atoms with Crippen molar-refractivity contribution in [1.82, 2.24) is 20.2 Å². The largest absolute Gasteiger partial charge is 0.205 e. The van der Waals surface area contributed by atoms with Gasteiger partial charge in [-0.2, -0.15) is 4.68 Å². The highest BCUT2D eigenvalue weighted by molar-refractivity contribution is 5.37. The Balaban J connectivity index is 2.13. The molecule has 1 saturated carbocycles. The first-order chi connectivity index (χ1) is 7.75. The molecule has 0 spiro atoms. The van der Waals surface area contributed by atoms with Crippen molar-refractivity contribution < 1.29 is 4.39 Å². The summed E-state index contributed by atoms with van der Waals surface area (Å²) in [6.07, 6.45) is 2.18. The molecule has 0 bridgehead atoms. The minimum atomic E-state index is -0.292. The number of nitrogens with zero attached hydrogens (tertiary/aromatic N) is 4. The molecule has 4 nitrogen and oxygen atoms in total. The zero-order chi connectivity index (χ0) is 11.1. The lowest BCUT2D eigenvalue weighted by atomic mass is 10.2. The zero-order valence-corrected chi connectivity index (χ0v) is 8.89. The SMILES string of the molecule is Cc1ccc(F)c(-n2nnnc2C2CC2)c1. The van der Waals surface area contributed by atoms with E-state index in [0.29, 0.717) is 11.6 Å². The highest BCUT2D eigenvalue weighted by Crippen LogP contribution is 2.39. The van der Waals surface area contributed by atoms with Crippen molar-refractivity contribution in [2.75, 3.05) is 0 Å². The molecule has 3 rings (SSSR count). The van der Waals surface area contributed by atoms with Gasteiger partial charge in [0.15, 0.2) is 5.82 Å². The molecule has 1 aliphatic rings. The van der Waals surface area contributed by atoms with Gasteiger partial charge in [-0.25, -0.2) is 4.39 Å². The summed E-state index contributed by atoms with van der Waals surface area (Å²) in [5.41, 5.74) is 1.43. The summed E-state index contributed by atoms with van der Waals surface area (Å²) in [6.45, 7) is 1.92. The lowest BCUT2D eigenvalue weighted by Crippen LogP contribution is -2.04. The molecule has 1 fully saturated rings. The van der Waals surface area contributed by atoms with Crippen LogP contribution in [0.1, 0.15) is 30.1 Å². The molecule has 0 radical (unpaired) electrons. The third-order valence-electron chi connectivity index (χ3n) is 2.77. The number of benzene rings is 1. The molecule has 0 atom stereocenters. The molecule has 5 heteroatoms. The van der Waals surface area contributed by atoms with Crippen LogP contribution in [0.25, 0.3) is 5.69 Å². The van der Waals surface area contributed by atoms with Gasteiger partial charge < -0.3 is 0 Å². The summed E-state index contributed by atoms with van der Waals surface area (Å²) in [7, 11) is 0. The molecule has 16 heavy (non-hydrogen) atoms. The summed E-state index contributed by atoms with van der Waals surface area (Å²) < 4.78 is 15.2. The number of aryl methyl sites for hydroxylation is 1. The Labute approximate surface area is 92.1 Å². The van der Waals surface area contributed by atoms with Gasteiger partial charge in [-0.1, -0.05) is 6.07 Å². The van der Waals surface area contributed by atoms with Crippen LogP contribution in [0.4, 0.5) is 4.39 Å². The second kappa shape index (κ2) is 3.37. The molecule has 2 aromatic rings. The van der Waals surface area contributed by atoms with Crippen LogP contribution in [0.2, 0.25) is 0 Å². The third-order valence-corrected chi connectivity index (χ3v) is 2.77. The highest BCUT2D eigenvalue weighted by atomic mass is 19.1. The smallest absolute Gasteiger partial charge is 0.159 e. The second-order valence-corrected chi connectivity index (χ2v) is 4.18. The summed E-state index contributed by atoms with van der Waals surface area (Å²) >= 11 is 0. The summed E-state index contributed by atoms with van der Waals surface area (Å²) in [5, 5.41) is 11.5. The Morgan fingerprint density at radius 2 is 2.19 bits per heavy atom. The predicted octanol–water partition coefficient (Wildman–Crippen LogP) is 1.99. The molecule has 82 valence electrons. The quantitative estimate of drug-likeness (QED) is 0.774. The van der Waals surface area contributed by atoms with Crippen molar-refractivity contribution in [2.45, 2.75) is 25.7 Å². The maximum atomic E-state index is 13.7. The highest BCUT2D eigenvalue weighted by Gasteiger charge is 2.30. The zero-order valence-electron chi connectivity index (χ0n) is 8.89. The van der Waals surface area contributed by atoms with Crippen molar-refractivity contribution in [2.24, 2.45) is 0 Å². The third kappa shape index (κ3) is 1.48. The predicted molar refractivity (Wildman–Crippen MR) is 55.8 cm³/mol. The molecule has 1 aromatic carbocycles. The minimum absolute atomic E-state index is 0.292. The molecule has 1 aliphatic carbocycles. The fourth-order valence-electron chi connectivity index (χ4n) is 1.75. The first kappa shape index (κ1) is 9.45. The fraction of sp³-hybridized carbons (Fsp3) is 0.364. The van der Waals surface area contributed by atoms with Gasteiger partial charge in [-0.3, -0.25) is 0 Å². The van der Waals surface area contributed by atoms with E-state index in [0.717, 1.165) is 24.2 Å². The van der Waals surface area contributed by atoms with Gasteiger partial charge in [0, 0.05) is 5.92 Å². The van der Waals surface area contributed by atoms with Gasteiger partial charge in [0.05, 0.1) is 0 Å². The van der Waals surface area contributed by atoms with Crippen molar-refractivity contribution >= 4 is 0 Å². The van der Waals surface area contributed by atoms with E-state index in [1.165, 1.54) is 10.7 Å². The van der Waals surface area contributed by atoms with Gasteiger partial charge in [-0.15, -0.1) is 5.10 Å². The van der Waals surface area contributed by atoms with Crippen LogP contribution in [0, 0.1) is 12.7 Å². The number of rotatable bonds is 2. The van der Waals surface area contributed by atoms with E-state index >= 15 is 0 Å². The van der Waals surface area contributed by atoms with Gasteiger partial charge in [-0.05, 0) is 47.9 Å². The van der Waals surface area contributed by atoms with Crippen LogP contribution in [0.15, 0.2) is 18.2 Å². The van der Waals surface area contributed by atoms with E-state index in [1.54, 1.807) is 12.1 Å². The Kier molecular flexibility index (Phi) is 1.99. The van der Waals surface area contributed by atoms with Crippen LogP contribution in [-0.2, 0) is 0 Å². The van der Waals surface area contributed by atoms with Crippen LogP contribution in [0.3, 0.4) is 0 Å². The monoisotopic (exact) mass is 218 g/mol. The van der Waals surface area contributed by atoms with Gasteiger partial charge in [0.2, 0.25) is 0 Å². The summed E-state index contributed by atoms with van der Waals surface area (Å²) in [6, 6.07) is 4.95. The second-order valence-electron chi connectivity index (χ2n) is 4.18. The van der Waals surface area contributed by atoms with E-state index < -0.39 is 0 Å². The van der Waals surface area contributed by atoms with Crippen LogP contribution in [0.5, 0.6) is 0 Å².